The van der Waals surface area contributed by atoms with Gasteiger partial charge in [0.05, 0.1) is 6.04 Å². The fourth-order valence-electron chi connectivity index (χ4n) is 3.46. The van der Waals surface area contributed by atoms with Crippen LogP contribution in [0.1, 0.15) is 24.8 Å². The molecule has 2 amide bonds. The van der Waals surface area contributed by atoms with Crippen molar-refractivity contribution in [1.29, 1.82) is 0 Å². The minimum absolute atomic E-state index is 0.113. The Bertz CT molecular complexity index is 617. The van der Waals surface area contributed by atoms with Gasteiger partial charge in [0, 0.05) is 32.7 Å². The fourth-order valence-corrected chi connectivity index (χ4v) is 3.46. The van der Waals surface area contributed by atoms with E-state index in [2.05, 4.69) is 4.90 Å². The molecule has 148 valence electrons. The summed E-state index contributed by atoms with van der Waals surface area (Å²) >= 11 is 0. The van der Waals surface area contributed by atoms with Crippen LogP contribution in [-0.4, -0.2) is 79.3 Å². The molecule has 1 aromatic carbocycles. The SMILES string of the molecule is CN1CCN(C(=O)OC[C@@H]2CCCCN2C(=O)OCc2ccccc2)CC1. The van der Waals surface area contributed by atoms with Gasteiger partial charge in [-0.2, -0.15) is 0 Å². The number of carbonyl (C=O) groups excluding carboxylic acids is 2. The first-order valence-electron chi connectivity index (χ1n) is 9.71. The summed E-state index contributed by atoms with van der Waals surface area (Å²) in [6.07, 6.45) is 2.18. The van der Waals surface area contributed by atoms with Crippen LogP contribution in [0.5, 0.6) is 0 Å². The molecule has 2 aliphatic heterocycles. The summed E-state index contributed by atoms with van der Waals surface area (Å²) in [5.74, 6) is 0. The number of ether oxygens (including phenoxy) is 2. The van der Waals surface area contributed by atoms with E-state index in [0.717, 1.165) is 37.9 Å². The third-order valence-electron chi connectivity index (χ3n) is 5.23. The Hall–Kier alpha value is -2.28. The van der Waals surface area contributed by atoms with E-state index in [1.165, 1.54) is 0 Å². The van der Waals surface area contributed by atoms with Crippen molar-refractivity contribution in [3.63, 3.8) is 0 Å². The molecule has 2 fully saturated rings. The number of likely N-dealkylation sites (tertiary alicyclic amines) is 1. The first-order valence-corrected chi connectivity index (χ1v) is 9.71. The summed E-state index contributed by atoms with van der Waals surface area (Å²) in [5.41, 5.74) is 0.959. The number of hydrogen-bond donors (Lipinski definition) is 0. The molecular formula is C20H29N3O4. The van der Waals surface area contributed by atoms with Crippen molar-refractivity contribution in [2.24, 2.45) is 0 Å². The lowest BCUT2D eigenvalue weighted by molar-refractivity contribution is 0.0295. The second kappa shape index (κ2) is 9.60. The Kier molecular flexibility index (Phi) is 6.92. The van der Waals surface area contributed by atoms with Crippen LogP contribution in [0.2, 0.25) is 0 Å². The van der Waals surface area contributed by atoms with Crippen LogP contribution in [0.25, 0.3) is 0 Å². The van der Waals surface area contributed by atoms with Crippen molar-refractivity contribution < 1.29 is 19.1 Å². The van der Waals surface area contributed by atoms with Gasteiger partial charge in [0.15, 0.2) is 0 Å². The number of benzene rings is 1. The zero-order valence-electron chi connectivity index (χ0n) is 16.0. The van der Waals surface area contributed by atoms with Gasteiger partial charge >= 0.3 is 12.2 Å². The highest BCUT2D eigenvalue weighted by Gasteiger charge is 2.30. The third-order valence-corrected chi connectivity index (χ3v) is 5.23. The summed E-state index contributed by atoms with van der Waals surface area (Å²) in [5, 5.41) is 0. The molecule has 27 heavy (non-hydrogen) atoms. The number of carbonyl (C=O) groups is 2. The molecule has 0 spiro atoms. The van der Waals surface area contributed by atoms with Crippen LogP contribution in [0.15, 0.2) is 30.3 Å². The maximum atomic E-state index is 12.5. The quantitative estimate of drug-likeness (QED) is 0.809. The van der Waals surface area contributed by atoms with Gasteiger partial charge in [-0.15, -0.1) is 0 Å². The number of rotatable bonds is 4. The predicted molar refractivity (Wildman–Crippen MR) is 101 cm³/mol. The number of hydrogen-bond acceptors (Lipinski definition) is 5. The molecule has 7 heteroatoms. The number of nitrogens with zero attached hydrogens (tertiary/aromatic N) is 3. The van der Waals surface area contributed by atoms with Gasteiger partial charge in [-0.1, -0.05) is 30.3 Å². The van der Waals surface area contributed by atoms with Crippen LogP contribution < -0.4 is 0 Å². The standard InChI is InChI=1S/C20H29N3O4/c1-21-11-13-22(14-12-21)19(24)27-16-18-9-5-6-10-23(18)20(25)26-15-17-7-3-2-4-8-17/h2-4,7-8,18H,5-6,9-16H2,1H3/t18-/m0/s1. The second-order valence-electron chi connectivity index (χ2n) is 7.25. The summed E-state index contributed by atoms with van der Waals surface area (Å²) < 4.78 is 11.0. The Morgan fingerprint density at radius 1 is 0.963 bits per heavy atom. The summed E-state index contributed by atoms with van der Waals surface area (Å²) in [6.45, 7) is 4.21. The van der Waals surface area contributed by atoms with E-state index in [1.54, 1.807) is 9.80 Å². The molecule has 2 saturated heterocycles. The molecule has 0 unspecified atom stereocenters. The van der Waals surface area contributed by atoms with Gasteiger partial charge in [0.25, 0.3) is 0 Å². The average molecular weight is 375 g/mol. The van der Waals surface area contributed by atoms with Crippen LogP contribution in [0.3, 0.4) is 0 Å². The van der Waals surface area contributed by atoms with Gasteiger partial charge in [0.2, 0.25) is 0 Å². The van der Waals surface area contributed by atoms with E-state index < -0.39 is 0 Å². The lowest BCUT2D eigenvalue weighted by atomic mass is 10.0. The predicted octanol–water partition coefficient (Wildman–Crippen LogP) is 2.56. The highest BCUT2D eigenvalue weighted by Crippen LogP contribution is 2.19. The molecule has 0 N–H and O–H groups in total. The van der Waals surface area contributed by atoms with Crippen molar-refractivity contribution in [2.45, 2.75) is 31.9 Å². The van der Waals surface area contributed by atoms with Crippen molar-refractivity contribution in [3.05, 3.63) is 35.9 Å². The Morgan fingerprint density at radius 2 is 1.70 bits per heavy atom. The summed E-state index contributed by atoms with van der Waals surface area (Å²) in [4.78, 5) is 30.4. The highest BCUT2D eigenvalue weighted by atomic mass is 16.6. The minimum atomic E-state index is -0.334. The van der Waals surface area contributed by atoms with E-state index in [4.69, 9.17) is 9.47 Å². The molecule has 0 bridgehead atoms. The third kappa shape index (κ3) is 5.60. The lowest BCUT2D eigenvalue weighted by Gasteiger charge is -2.36. The maximum Gasteiger partial charge on any atom is 0.410 e. The topological polar surface area (TPSA) is 62.3 Å². The summed E-state index contributed by atoms with van der Waals surface area (Å²) in [6, 6.07) is 9.52. The van der Waals surface area contributed by atoms with E-state index in [1.807, 2.05) is 37.4 Å². The van der Waals surface area contributed by atoms with Crippen LogP contribution in [0.4, 0.5) is 9.59 Å². The zero-order chi connectivity index (χ0) is 19.1. The summed E-state index contributed by atoms with van der Waals surface area (Å²) in [7, 11) is 2.05. The van der Waals surface area contributed by atoms with E-state index in [-0.39, 0.29) is 31.4 Å². The monoisotopic (exact) mass is 375 g/mol. The Morgan fingerprint density at radius 3 is 2.44 bits per heavy atom. The Balaban J connectivity index is 1.47. The van der Waals surface area contributed by atoms with Gasteiger partial charge in [-0.25, -0.2) is 9.59 Å². The normalized spacial score (nSPS) is 21.0. The largest absolute Gasteiger partial charge is 0.447 e. The van der Waals surface area contributed by atoms with E-state index in [9.17, 15) is 9.59 Å². The Labute approximate surface area is 160 Å². The molecule has 2 aliphatic rings. The van der Waals surface area contributed by atoms with Crippen molar-refractivity contribution in [1.82, 2.24) is 14.7 Å². The van der Waals surface area contributed by atoms with E-state index in [0.29, 0.717) is 19.6 Å². The van der Waals surface area contributed by atoms with Gasteiger partial charge in [-0.05, 0) is 31.9 Å². The number of piperidine rings is 1. The van der Waals surface area contributed by atoms with Gasteiger partial charge in [0.1, 0.15) is 13.2 Å². The van der Waals surface area contributed by atoms with Gasteiger partial charge in [-0.3, -0.25) is 0 Å². The van der Waals surface area contributed by atoms with Crippen molar-refractivity contribution in [3.8, 4) is 0 Å². The highest BCUT2D eigenvalue weighted by molar-refractivity contribution is 5.69. The molecule has 0 radical (unpaired) electrons. The minimum Gasteiger partial charge on any atom is -0.447 e. The van der Waals surface area contributed by atoms with Crippen molar-refractivity contribution >= 4 is 12.2 Å². The zero-order valence-corrected chi connectivity index (χ0v) is 16.0. The molecule has 7 nitrogen and oxygen atoms in total. The number of amides is 2. The first-order chi connectivity index (χ1) is 13.1. The molecule has 1 aromatic rings. The van der Waals surface area contributed by atoms with Crippen LogP contribution >= 0.6 is 0 Å². The van der Waals surface area contributed by atoms with Gasteiger partial charge < -0.3 is 24.2 Å². The van der Waals surface area contributed by atoms with E-state index >= 15 is 0 Å². The molecule has 0 aromatic heterocycles. The van der Waals surface area contributed by atoms with Crippen molar-refractivity contribution in [2.75, 3.05) is 46.4 Å². The molecular weight excluding hydrogens is 346 g/mol. The molecule has 3 rings (SSSR count). The molecule has 0 aliphatic carbocycles. The molecule has 1 atom stereocenters. The van der Waals surface area contributed by atoms with Crippen LogP contribution in [-0.2, 0) is 16.1 Å². The molecule has 0 saturated carbocycles. The lowest BCUT2D eigenvalue weighted by Crippen LogP contribution is -2.50. The second-order valence-corrected chi connectivity index (χ2v) is 7.25. The van der Waals surface area contributed by atoms with Crippen LogP contribution in [0, 0.1) is 0 Å². The fraction of sp³-hybridized carbons (Fsp3) is 0.600. The first kappa shape index (κ1) is 19.5. The average Bonchev–Trinajstić information content (AvgIpc) is 2.71. The molecule has 2 heterocycles. The number of piperazine rings is 1. The smallest absolute Gasteiger partial charge is 0.410 e. The maximum absolute atomic E-state index is 12.5. The number of likely N-dealkylation sites (N-methyl/N-ethyl adjacent to an activating group) is 1.